The van der Waals surface area contributed by atoms with Crippen LogP contribution in [0.15, 0.2) is 42.5 Å². The van der Waals surface area contributed by atoms with Gasteiger partial charge in [0.25, 0.3) is 5.91 Å². The van der Waals surface area contributed by atoms with Gasteiger partial charge in [-0.3, -0.25) is 9.69 Å². The summed E-state index contributed by atoms with van der Waals surface area (Å²) in [6.45, 7) is 7.58. The van der Waals surface area contributed by atoms with Gasteiger partial charge in [-0.05, 0) is 55.0 Å². The van der Waals surface area contributed by atoms with E-state index in [9.17, 15) is 9.59 Å². The summed E-state index contributed by atoms with van der Waals surface area (Å²) >= 11 is 0. The molecule has 1 spiro atoms. The number of fused-ring (bicyclic) bond motifs is 1. The Labute approximate surface area is 191 Å². The number of ether oxygens (including phenoxy) is 1. The zero-order valence-electron chi connectivity index (χ0n) is 19.5. The molecule has 6 nitrogen and oxygen atoms in total. The average Bonchev–Trinajstić information content (AvgIpc) is 3.00. The second-order valence-electron chi connectivity index (χ2n) is 9.18. The molecule has 172 valence electrons. The third-order valence-corrected chi connectivity index (χ3v) is 7.35. The maximum atomic E-state index is 13.8. The number of methoxy groups -OCH3 is 1. The molecule has 2 aromatic carbocycles. The third kappa shape index (κ3) is 4.14. The molecule has 0 N–H and O–H groups in total. The summed E-state index contributed by atoms with van der Waals surface area (Å²) in [5.41, 5.74) is 0.266. The van der Waals surface area contributed by atoms with Crippen LogP contribution >= 0.6 is 0 Å². The lowest BCUT2D eigenvalue weighted by molar-refractivity contribution is -0.136. The predicted molar refractivity (Wildman–Crippen MR) is 126 cm³/mol. The number of hydrogen-bond acceptors (Lipinski definition) is 4. The summed E-state index contributed by atoms with van der Waals surface area (Å²) in [6.07, 6.45) is 3.22. The van der Waals surface area contributed by atoms with E-state index in [1.807, 2.05) is 23.1 Å². The van der Waals surface area contributed by atoms with Crippen LogP contribution in [0.5, 0.6) is 0 Å². The van der Waals surface area contributed by atoms with Crippen molar-refractivity contribution >= 4 is 22.7 Å². The molecule has 1 atom stereocenters. The van der Waals surface area contributed by atoms with Gasteiger partial charge in [0.15, 0.2) is 0 Å². The van der Waals surface area contributed by atoms with Crippen molar-refractivity contribution in [2.24, 2.45) is 0 Å². The molecule has 0 aliphatic carbocycles. The number of carbonyl (C=O) groups is 2. The Kier molecular flexibility index (Phi) is 6.82. The van der Waals surface area contributed by atoms with Gasteiger partial charge in [0.05, 0.1) is 6.54 Å². The summed E-state index contributed by atoms with van der Waals surface area (Å²) in [4.78, 5) is 33.0. The van der Waals surface area contributed by atoms with Crippen LogP contribution in [-0.4, -0.2) is 71.6 Å². The van der Waals surface area contributed by atoms with Crippen molar-refractivity contribution in [3.63, 3.8) is 0 Å². The first kappa shape index (κ1) is 22.7. The van der Waals surface area contributed by atoms with E-state index < -0.39 is 5.54 Å². The average molecular weight is 438 g/mol. The standard InChI is InChI=1S/C26H35N3O3/c1-4-20(2)27-15-12-26(13-16-27)24(30)28(25(31)29(26)14-7-17-32-3)19-21-10-11-22-8-5-6-9-23(22)18-21/h5-6,8-11,18,20H,4,7,12-17,19H2,1-3H3/t20-/m1/s1. The maximum Gasteiger partial charge on any atom is 0.327 e. The van der Waals surface area contributed by atoms with Crippen LogP contribution in [-0.2, 0) is 16.1 Å². The van der Waals surface area contributed by atoms with E-state index in [1.165, 1.54) is 4.90 Å². The van der Waals surface area contributed by atoms with Crippen molar-refractivity contribution < 1.29 is 14.3 Å². The Hall–Kier alpha value is -2.44. The number of nitrogens with zero attached hydrogens (tertiary/aromatic N) is 3. The highest BCUT2D eigenvalue weighted by atomic mass is 16.5. The van der Waals surface area contributed by atoms with E-state index in [0.29, 0.717) is 38.6 Å². The zero-order valence-corrected chi connectivity index (χ0v) is 19.5. The van der Waals surface area contributed by atoms with Crippen molar-refractivity contribution in [3.05, 3.63) is 48.0 Å². The number of amides is 3. The van der Waals surface area contributed by atoms with Crippen molar-refractivity contribution in [3.8, 4) is 0 Å². The molecule has 0 unspecified atom stereocenters. The van der Waals surface area contributed by atoms with E-state index in [2.05, 4.69) is 43.0 Å². The van der Waals surface area contributed by atoms with Crippen molar-refractivity contribution in [1.82, 2.24) is 14.7 Å². The highest BCUT2D eigenvalue weighted by molar-refractivity contribution is 6.07. The van der Waals surface area contributed by atoms with Crippen molar-refractivity contribution in [2.45, 2.75) is 57.7 Å². The van der Waals surface area contributed by atoms with Crippen LogP contribution in [0.1, 0.15) is 45.1 Å². The third-order valence-electron chi connectivity index (χ3n) is 7.35. The van der Waals surface area contributed by atoms with E-state index in [-0.39, 0.29) is 11.9 Å². The van der Waals surface area contributed by atoms with Crippen LogP contribution in [0.2, 0.25) is 0 Å². The lowest BCUT2D eigenvalue weighted by Gasteiger charge is -2.44. The minimum Gasteiger partial charge on any atom is -0.385 e. The molecule has 0 saturated carbocycles. The lowest BCUT2D eigenvalue weighted by atomic mass is 9.85. The molecule has 4 rings (SSSR count). The van der Waals surface area contributed by atoms with E-state index >= 15 is 0 Å². The molecule has 2 aliphatic heterocycles. The van der Waals surface area contributed by atoms with E-state index in [0.717, 1.165) is 42.3 Å². The first-order chi connectivity index (χ1) is 15.5. The maximum absolute atomic E-state index is 13.8. The fraction of sp³-hybridized carbons (Fsp3) is 0.538. The molecule has 2 heterocycles. The molecule has 32 heavy (non-hydrogen) atoms. The topological polar surface area (TPSA) is 53.1 Å². The summed E-state index contributed by atoms with van der Waals surface area (Å²) in [7, 11) is 1.67. The Balaban J connectivity index is 1.58. The van der Waals surface area contributed by atoms with Gasteiger partial charge in [0.1, 0.15) is 5.54 Å². The SMILES string of the molecule is CC[C@@H](C)N1CCC2(CC1)C(=O)N(Cc1ccc3ccccc3c1)C(=O)N2CCCOC. The van der Waals surface area contributed by atoms with Crippen molar-refractivity contribution in [2.75, 3.05) is 33.4 Å². The molecule has 0 bridgehead atoms. The zero-order chi connectivity index (χ0) is 22.7. The largest absolute Gasteiger partial charge is 0.385 e. The number of likely N-dealkylation sites (tertiary alicyclic amines) is 1. The molecule has 0 radical (unpaired) electrons. The normalized spacial score (nSPS) is 20.0. The first-order valence-electron chi connectivity index (χ1n) is 11.8. The van der Waals surface area contributed by atoms with Crippen LogP contribution in [0.4, 0.5) is 4.79 Å². The molecular formula is C26H35N3O3. The lowest BCUT2D eigenvalue weighted by Crippen LogP contribution is -2.57. The van der Waals surface area contributed by atoms with Gasteiger partial charge in [-0.25, -0.2) is 4.79 Å². The number of benzene rings is 2. The monoisotopic (exact) mass is 437 g/mol. The summed E-state index contributed by atoms with van der Waals surface area (Å²) in [5, 5.41) is 2.28. The van der Waals surface area contributed by atoms with Gasteiger partial charge in [0.2, 0.25) is 0 Å². The molecule has 2 aromatic rings. The number of urea groups is 1. The fourth-order valence-electron chi connectivity index (χ4n) is 5.19. The van der Waals surface area contributed by atoms with Crippen molar-refractivity contribution in [1.29, 1.82) is 0 Å². The Morgan fingerprint density at radius 2 is 1.78 bits per heavy atom. The van der Waals surface area contributed by atoms with Crippen LogP contribution < -0.4 is 0 Å². The molecule has 2 saturated heterocycles. The molecule has 2 fully saturated rings. The quantitative estimate of drug-likeness (QED) is 0.457. The fourth-order valence-corrected chi connectivity index (χ4v) is 5.19. The minimum absolute atomic E-state index is 0.0307. The second kappa shape index (κ2) is 9.59. The molecule has 3 amide bonds. The molecule has 6 heteroatoms. The van der Waals surface area contributed by atoms with Gasteiger partial charge in [-0.1, -0.05) is 43.3 Å². The number of carbonyl (C=O) groups excluding carboxylic acids is 2. The Morgan fingerprint density at radius 3 is 2.47 bits per heavy atom. The molecular weight excluding hydrogens is 402 g/mol. The number of imide groups is 1. The summed E-state index contributed by atoms with van der Waals surface area (Å²) < 4.78 is 5.22. The number of piperidine rings is 1. The van der Waals surface area contributed by atoms with Gasteiger partial charge >= 0.3 is 6.03 Å². The van der Waals surface area contributed by atoms with Crippen LogP contribution in [0.3, 0.4) is 0 Å². The summed E-state index contributed by atoms with van der Waals surface area (Å²) in [5.74, 6) is -0.0307. The second-order valence-corrected chi connectivity index (χ2v) is 9.18. The Morgan fingerprint density at radius 1 is 1.06 bits per heavy atom. The van der Waals surface area contributed by atoms with Gasteiger partial charge < -0.3 is 14.5 Å². The van der Waals surface area contributed by atoms with Crippen LogP contribution in [0, 0.1) is 0 Å². The first-order valence-corrected chi connectivity index (χ1v) is 11.8. The molecule has 0 aromatic heterocycles. The molecule has 2 aliphatic rings. The number of hydrogen-bond donors (Lipinski definition) is 0. The highest BCUT2D eigenvalue weighted by Gasteiger charge is 2.57. The van der Waals surface area contributed by atoms with Gasteiger partial charge in [-0.15, -0.1) is 0 Å². The number of rotatable bonds is 8. The smallest absolute Gasteiger partial charge is 0.327 e. The van der Waals surface area contributed by atoms with E-state index in [1.54, 1.807) is 7.11 Å². The minimum atomic E-state index is -0.717. The predicted octanol–water partition coefficient (Wildman–Crippen LogP) is 4.27. The summed E-state index contributed by atoms with van der Waals surface area (Å²) in [6, 6.07) is 14.7. The van der Waals surface area contributed by atoms with Crippen LogP contribution in [0.25, 0.3) is 10.8 Å². The van der Waals surface area contributed by atoms with Gasteiger partial charge in [-0.2, -0.15) is 0 Å². The highest BCUT2D eigenvalue weighted by Crippen LogP contribution is 2.39. The van der Waals surface area contributed by atoms with E-state index in [4.69, 9.17) is 4.74 Å². The van der Waals surface area contributed by atoms with Gasteiger partial charge in [0, 0.05) is 39.4 Å². The Bertz CT molecular complexity index is 968.